The maximum Gasteiger partial charge on any atom is 0.335 e. The zero-order chi connectivity index (χ0) is 14.7. The number of carboxylic acids is 1. The van der Waals surface area contributed by atoms with Crippen LogP contribution in [-0.4, -0.2) is 40.8 Å². The summed E-state index contributed by atoms with van der Waals surface area (Å²) in [6.07, 6.45) is 0.716. The molecule has 20 heavy (non-hydrogen) atoms. The van der Waals surface area contributed by atoms with Crippen LogP contribution in [0, 0.1) is 5.82 Å². The third kappa shape index (κ3) is 3.05. The van der Waals surface area contributed by atoms with Crippen molar-refractivity contribution >= 4 is 11.8 Å². The van der Waals surface area contributed by atoms with Crippen LogP contribution < -0.4 is 0 Å². The molecule has 1 heterocycles. The second kappa shape index (κ2) is 5.87. The molecule has 0 spiro atoms. The molecule has 0 atom stereocenters. The number of rotatable bonds is 5. The number of halogens is 1. The van der Waals surface area contributed by atoms with Gasteiger partial charge in [-0.3, -0.25) is 9.85 Å². The Morgan fingerprint density at radius 1 is 1.50 bits per heavy atom. The Bertz CT molecular complexity index is 548. The minimum atomic E-state index is -1.15. The van der Waals surface area contributed by atoms with E-state index in [1.807, 2.05) is 6.92 Å². The molecule has 0 fully saturated rings. The number of hydrogen-bond donors (Lipinski definition) is 1. The highest BCUT2D eigenvalue weighted by Gasteiger charge is 2.22. The van der Waals surface area contributed by atoms with Gasteiger partial charge in [-0.25, -0.2) is 14.2 Å². The van der Waals surface area contributed by atoms with Gasteiger partial charge in [-0.05, 0) is 23.8 Å². The largest absolute Gasteiger partial charge is 0.478 e. The Morgan fingerprint density at radius 2 is 2.25 bits per heavy atom. The second-order valence-corrected chi connectivity index (χ2v) is 4.39. The SMILES string of the molecule is CCC1=NN(Cc2cc(F)cc(C(=O)O)c2)CN1OC. The molecule has 1 N–H and O–H groups in total. The monoisotopic (exact) mass is 281 g/mol. The number of hydrazone groups is 1. The first kappa shape index (κ1) is 14.3. The van der Waals surface area contributed by atoms with Crippen molar-refractivity contribution in [1.82, 2.24) is 10.1 Å². The molecule has 7 heteroatoms. The fraction of sp³-hybridized carbons (Fsp3) is 0.385. The van der Waals surface area contributed by atoms with E-state index in [0.29, 0.717) is 25.2 Å². The summed E-state index contributed by atoms with van der Waals surface area (Å²) in [4.78, 5) is 16.1. The Kier molecular flexibility index (Phi) is 4.19. The van der Waals surface area contributed by atoms with Crippen LogP contribution in [0.4, 0.5) is 4.39 Å². The van der Waals surface area contributed by atoms with E-state index in [4.69, 9.17) is 9.94 Å². The lowest BCUT2D eigenvalue weighted by Gasteiger charge is -2.18. The molecule has 108 valence electrons. The highest BCUT2D eigenvalue weighted by molar-refractivity contribution is 5.87. The van der Waals surface area contributed by atoms with Gasteiger partial charge in [0.15, 0.2) is 5.84 Å². The summed E-state index contributed by atoms with van der Waals surface area (Å²) in [6.45, 7) is 2.71. The highest BCUT2D eigenvalue weighted by Crippen LogP contribution is 2.16. The summed E-state index contributed by atoms with van der Waals surface area (Å²) >= 11 is 0. The summed E-state index contributed by atoms with van der Waals surface area (Å²) in [7, 11) is 1.55. The van der Waals surface area contributed by atoms with Crippen molar-refractivity contribution in [3.8, 4) is 0 Å². The lowest BCUT2D eigenvalue weighted by atomic mass is 10.1. The molecule has 0 bridgehead atoms. The van der Waals surface area contributed by atoms with Gasteiger partial charge in [0, 0.05) is 6.42 Å². The van der Waals surface area contributed by atoms with E-state index in [2.05, 4.69) is 5.10 Å². The molecule has 0 saturated heterocycles. The summed E-state index contributed by atoms with van der Waals surface area (Å²) in [5.74, 6) is -0.937. The van der Waals surface area contributed by atoms with Crippen molar-refractivity contribution in [3.05, 3.63) is 35.1 Å². The quantitative estimate of drug-likeness (QED) is 0.892. The average molecular weight is 281 g/mol. The summed E-state index contributed by atoms with van der Waals surface area (Å²) in [6, 6.07) is 3.75. The van der Waals surface area contributed by atoms with Crippen molar-refractivity contribution in [2.24, 2.45) is 5.10 Å². The van der Waals surface area contributed by atoms with E-state index in [1.54, 1.807) is 17.2 Å². The predicted octanol–water partition coefficient (Wildman–Crippen LogP) is 1.88. The van der Waals surface area contributed by atoms with Gasteiger partial charge in [0.25, 0.3) is 0 Å². The number of carbonyl (C=O) groups is 1. The van der Waals surface area contributed by atoms with Crippen LogP contribution in [0.2, 0.25) is 0 Å². The molecular formula is C13H16FN3O3. The van der Waals surface area contributed by atoms with E-state index in [0.717, 1.165) is 11.9 Å². The fourth-order valence-electron chi connectivity index (χ4n) is 2.05. The smallest absolute Gasteiger partial charge is 0.335 e. The van der Waals surface area contributed by atoms with Crippen molar-refractivity contribution in [1.29, 1.82) is 0 Å². The van der Waals surface area contributed by atoms with E-state index in [1.165, 1.54) is 12.1 Å². The number of carboxylic acid groups (broad SMARTS) is 1. The van der Waals surface area contributed by atoms with Crippen LogP contribution in [0.1, 0.15) is 29.3 Å². The molecular weight excluding hydrogens is 265 g/mol. The normalized spacial score (nSPS) is 14.7. The third-order valence-electron chi connectivity index (χ3n) is 2.94. The first-order chi connectivity index (χ1) is 9.53. The van der Waals surface area contributed by atoms with Crippen LogP contribution >= 0.6 is 0 Å². The Morgan fingerprint density at radius 3 is 2.80 bits per heavy atom. The van der Waals surface area contributed by atoms with Gasteiger partial charge < -0.3 is 5.11 Å². The number of aromatic carboxylic acids is 1. The molecule has 1 aliphatic rings. The van der Waals surface area contributed by atoms with Gasteiger partial charge in [0.1, 0.15) is 12.5 Å². The Labute approximate surface area is 116 Å². The summed E-state index contributed by atoms with van der Waals surface area (Å²) in [5.41, 5.74) is 0.488. The lowest BCUT2D eigenvalue weighted by molar-refractivity contribution is -0.0823. The topological polar surface area (TPSA) is 65.4 Å². The van der Waals surface area contributed by atoms with Gasteiger partial charge in [-0.1, -0.05) is 6.92 Å². The zero-order valence-corrected chi connectivity index (χ0v) is 11.3. The molecule has 0 radical (unpaired) electrons. The molecule has 0 aliphatic carbocycles. The lowest BCUT2D eigenvalue weighted by Crippen LogP contribution is -2.29. The number of nitrogens with zero attached hydrogens (tertiary/aromatic N) is 3. The van der Waals surface area contributed by atoms with E-state index in [-0.39, 0.29) is 5.56 Å². The molecule has 6 nitrogen and oxygen atoms in total. The van der Waals surface area contributed by atoms with Crippen LogP contribution in [0.3, 0.4) is 0 Å². The number of amidine groups is 1. The molecule has 0 unspecified atom stereocenters. The number of hydrogen-bond acceptors (Lipinski definition) is 5. The van der Waals surface area contributed by atoms with Crippen LogP contribution in [0.15, 0.2) is 23.3 Å². The van der Waals surface area contributed by atoms with Crippen molar-refractivity contribution in [2.45, 2.75) is 19.9 Å². The van der Waals surface area contributed by atoms with Crippen LogP contribution in [-0.2, 0) is 11.4 Å². The number of benzene rings is 1. The second-order valence-electron chi connectivity index (χ2n) is 4.39. The van der Waals surface area contributed by atoms with Crippen LogP contribution in [0.5, 0.6) is 0 Å². The maximum absolute atomic E-state index is 13.4. The third-order valence-corrected chi connectivity index (χ3v) is 2.94. The first-order valence-electron chi connectivity index (χ1n) is 6.20. The van der Waals surface area contributed by atoms with Gasteiger partial charge >= 0.3 is 5.97 Å². The predicted molar refractivity (Wildman–Crippen MR) is 70.3 cm³/mol. The van der Waals surface area contributed by atoms with Gasteiger partial charge in [-0.15, -0.1) is 0 Å². The van der Waals surface area contributed by atoms with Gasteiger partial charge in [0.05, 0.1) is 19.2 Å². The van der Waals surface area contributed by atoms with E-state index in [9.17, 15) is 9.18 Å². The standard InChI is InChI=1S/C13H16FN3O3/c1-3-12-15-16(8-17(12)20-2)7-9-4-10(13(18)19)6-11(14)5-9/h4-6H,3,7-8H2,1-2H3,(H,18,19). The number of hydroxylamine groups is 2. The summed E-state index contributed by atoms with van der Waals surface area (Å²) in [5, 5.41) is 16.6. The maximum atomic E-state index is 13.4. The van der Waals surface area contributed by atoms with Gasteiger partial charge in [-0.2, -0.15) is 5.10 Å². The molecule has 2 rings (SSSR count). The van der Waals surface area contributed by atoms with Crippen molar-refractivity contribution in [2.75, 3.05) is 13.8 Å². The minimum Gasteiger partial charge on any atom is -0.478 e. The highest BCUT2D eigenvalue weighted by atomic mass is 19.1. The Hall–Kier alpha value is -2.15. The average Bonchev–Trinajstić information content (AvgIpc) is 2.80. The minimum absolute atomic E-state index is 0.0671. The molecule has 1 aromatic carbocycles. The van der Waals surface area contributed by atoms with Crippen LogP contribution in [0.25, 0.3) is 0 Å². The molecule has 0 amide bonds. The summed E-state index contributed by atoms with van der Waals surface area (Å²) < 4.78 is 13.4. The van der Waals surface area contributed by atoms with Gasteiger partial charge in [0.2, 0.25) is 0 Å². The van der Waals surface area contributed by atoms with E-state index >= 15 is 0 Å². The molecule has 1 aromatic rings. The molecule has 0 aromatic heterocycles. The molecule has 1 aliphatic heterocycles. The van der Waals surface area contributed by atoms with Crippen molar-refractivity contribution in [3.63, 3.8) is 0 Å². The van der Waals surface area contributed by atoms with Crippen molar-refractivity contribution < 1.29 is 19.1 Å². The molecule has 0 saturated carbocycles. The van der Waals surface area contributed by atoms with E-state index < -0.39 is 11.8 Å². The fourth-order valence-corrected chi connectivity index (χ4v) is 2.05. The zero-order valence-electron chi connectivity index (χ0n) is 11.3. The first-order valence-corrected chi connectivity index (χ1v) is 6.20. The Balaban J connectivity index is 2.15.